The summed E-state index contributed by atoms with van der Waals surface area (Å²) in [5, 5.41) is 29.9. The van der Waals surface area contributed by atoms with Crippen LogP contribution < -0.4 is 5.73 Å². The Bertz CT molecular complexity index is 583. The Morgan fingerprint density at radius 2 is 2.04 bits per heavy atom. The molecule has 0 spiro atoms. The van der Waals surface area contributed by atoms with Gasteiger partial charge >= 0.3 is 0 Å². The van der Waals surface area contributed by atoms with Gasteiger partial charge in [-0.1, -0.05) is 6.58 Å². The van der Waals surface area contributed by atoms with Gasteiger partial charge in [-0.2, -0.15) is 0 Å². The summed E-state index contributed by atoms with van der Waals surface area (Å²) in [7, 11) is 0. The molecule has 7 nitrogen and oxygen atoms in total. The number of aliphatic hydroxyl groups excluding tert-OH is 3. The number of hydrogen-bond acceptors (Lipinski definition) is 7. The summed E-state index contributed by atoms with van der Waals surface area (Å²) in [6, 6.07) is 0. The SMILES string of the molecule is C=C1N=C(N)C(CO)=CN1C1O[C@H](CCP(=C)(C)C)[C@@H](O)[C@H]1O. The topological polar surface area (TPSA) is 112 Å². The quantitative estimate of drug-likeness (QED) is 0.503. The van der Waals surface area contributed by atoms with Crippen LogP contribution in [0.3, 0.4) is 0 Å². The molecule has 23 heavy (non-hydrogen) atoms. The molecule has 0 aromatic rings. The summed E-state index contributed by atoms with van der Waals surface area (Å²) in [6.45, 7) is 6.49. The van der Waals surface area contributed by atoms with E-state index in [0.717, 1.165) is 6.16 Å². The first kappa shape index (κ1) is 18.2. The molecule has 1 unspecified atom stereocenters. The third-order valence-electron chi connectivity index (χ3n) is 3.97. The summed E-state index contributed by atoms with van der Waals surface area (Å²) in [5.41, 5.74) is 6.12. The van der Waals surface area contributed by atoms with Gasteiger partial charge in [0.1, 0.15) is 23.9 Å². The number of hydrogen-bond donors (Lipinski definition) is 4. The molecule has 2 aliphatic rings. The second-order valence-electron chi connectivity index (χ2n) is 6.63. The molecule has 8 heteroatoms. The molecule has 0 bridgehead atoms. The third-order valence-corrected chi connectivity index (χ3v) is 5.44. The number of nitrogens with two attached hydrogens (primary N) is 1. The Labute approximate surface area is 136 Å². The normalized spacial score (nSPS) is 32.0. The van der Waals surface area contributed by atoms with Crippen molar-refractivity contribution in [3.8, 4) is 0 Å². The molecule has 0 aliphatic carbocycles. The van der Waals surface area contributed by atoms with Crippen LogP contribution in [0.1, 0.15) is 6.42 Å². The van der Waals surface area contributed by atoms with Crippen LogP contribution in [0.4, 0.5) is 0 Å². The smallest absolute Gasteiger partial charge is 0.164 e. The van der Waals surface area contributed by atoms with Gasteiger partial charge < -0.3 is 30.7 Å². The van der Waals surface area contributed by atoms with Gasteiger partial charge in [0.25, 0.3) is 0 Å². The highest BCUT2D eigenvalue weighted by atomic mass is 31.2. The summed E-state index contributed by atoms with van der Waals surface area (Å²) >= 11 is 0. The van der Waals surface area contributed by atoms with E-state index >= 15 is 0 Å². The van der Waals surface area contributed by atoms with E-state index in [4.69, 9.17) is 10.5 Å². The van der Waals surface area contributed by atoms with Crippen molar-refractivity contribution >= 4 is 19.0 Å². The van der Waals surface area contributed by atoms with Crippen LogP contribution in [-0.2, 0) is 4.74 Å². The highest BCUT2D eigenvalue weighted by molar-refractivity contribution is 7.72. The minimum absolute atomic E-state index is 0.182. The van der Waals surface area contributed by atoms with Crippen molar-refractivity contribution in [1.29, 1.82) is 0 Å². The molecule has 1 fully saturated rings. The van der Waals surface area contributed by atoms with E-state index in [9.17, 15) is 15.3 Å². The molecule has 0 amide bonds. The monoisotopic (exact) mass is 343 g/mol. The van der Waals surface area contributed by atoms with Crippen molar-refractivity contribution in [1.82, 2.24) is 4.90 Å². The summed E-state index contributed by atoms with van der Waals surface area (Å²) in [5.74, 6) is 0.475. The van der Waals surface area contributed by atoms with E-state index in [1.807, 2.05) is 0 Å². The molecule has 130 valence electrons. The van der Waals surface area contributed by atoms with E-state index in [2.05, 4.69) is 31.2 Å². The maximum absolute atomic E-state index is 10.3. The molecule has 0 aromatic carbocycles. The summed E-state index contributed by atoms with van der Waals surface area (Å²) < 4.78 is 5.84. The number of nitrogens with zero attached hydrogens (tertiary/aromatic N) is 2. The lowest BCUT2D eigenvalue weighted by Gasteiger charge is -2.32. The Kier molecular flexibility index (Phi) is 5.38. The average molecular weight is 343 g/mol. The molecule has 5 N–H and O–H groups in total. The molecular weight excluding hydrogens is 317 g/mol. The van der Waals surface area contributed by atoms with Crippen LogP contribution in [0.25, 0.3) is 0 Å². The maximum atomic E-state index is 10.3. The zero-order valence-electron chi connectivity index (χ0n) is 13.6. The Morgan fingerprint density at radius 1 is 1.39 bits per heavy atom. The zero-order chi connectivity index (χ0) is 17.4. The number of rotatable bonds is 5. The lowest BCUT2D eigenvalue weighted by Crippen LogP contribution is -2.43. The van der Waals surface area contributed by atoms with Crippen LogP contribution in [0.2, 0.25) is 0 Å². The molecule has 2 heterocycles. The van der Waals surface area contributed by atoms with Crippen molar-refractivity contribution in [3.63, 3.8) is 0 Å². The van der Waals surface area contributed by atoms with Gasteiger partial charge in [-0.3, -0.25) is 0 Å². The predicted octanol–water partition coefficient (Wildman–Crippen LogP) is -0.447. The number of ether oxygens (including phenoxy) is 1. The molecule has 0 saturated carbocycles. The van der Waals surface area contributed by atoms with Gasteiger partial charge in [0.05, 0.1) is 12.7 Å². The average Bonchev–Trinajstić information content (AvgIpc) is 2.73. The van der Waals surface area contributed by atoms with Gasteiger partial charge in [0.15, 0.2) is 6.23 Å². The van der Waals surface area contributed by atoms with Gasteiger partial charge in [-0.05, 0) is 25.9 Å². The standard InChI is InChI=1S/C15H26N3O4P/c1-9-17-14(16)10(8-19)7-18(9)15-13(21)12(20)11(22-15)5-6-23(2,3)4/h7,11-13,15,19-21H,1-2,5-6,8H2,3-4H3,(H2,16,17)/t11-,12-,13-,15?/m1/s1. The maximum Gasteiger partial charge on any atom is 0.164 e. The van der Waals surface area contributed by atoms with Crippen molar-refractivity contribution in [3.05, 3.63) is 24.2 Å². The van der Waals surface area contributed by atoms with Gasteiger partial charge in [0, 0.05) is 11.8 Å². The Hall–Kier alpha value is -1.11. The highest BCUT2D eigenvalue weighted by Gasteiger charge is 2.45. The number of aliphatic imine (C=N–C) groups is 1. The summed E-state index contributed by atoms with van der Waals surface area (Å²) in [6.07, 6.45) is 3.79. The van der Waals surface area contributed by atoms with Crippen molar-refractivity contribution in [2.45, 2.75) is 31.0 Å². The molecular formula is C15H26N3O4P. The molecule has 1 saturated heterocycles. The number of amidine groups is 1. The fraction of sp³-hybridized carbons (Fsp3) is 0.600. The van der Waals surface area contributed by atoms with Crippen LogP contribution in [0.15, 0.2) is 29.2 Å². The van der Waals surface area contributed by atoms with Crippen molar-refractivity contribution < 1.29 is 20.1 Å². The van der Waals surface area contributed by atoms with E-state index in [1.54, 1.807) is 6.20 Å². The highest BCUT2D eigenvalue weighted by Crippen LogP contribution is 2.38. The Morgan fingerprint density at radius 3 is 2.61 bits per heavy atom. The first-order chi connectivity index (χ1) is 10.6. The van der Waals surface area contributed by atoms with Crippen molar-refractivity contribution in [2.24, 2.45) is 10.7 Å². The van der Waals surface area contributed by atoms with E-state index in [1.165, 1.54) is 4.90 Å². The second-order valence-corrected chi connectivity index (χ2v) is 10.9. The summed E-state index contributed by atoms with van der Waals surface area (Å²) in [4.78, 5) is 5.55. The first-order valence-corrected chi connectivity index (χ1v) is 10.5. The van der Waals surface area contributed by atoms with Gasteiger partial charge in [-0.25, -0.2) is 4.99 Å². The second kappa shape index (κ2) is 6.79. The lowest BCUT2D eigenvalue weighted by molar-refractivity contribution is -0.0582. The van der Waals surface area contributed by atoms with E-state index in [0.29, 0.717) is 17.8 Å². The first-order valence-electron chi connectivity index (χ1n) is 7.46. The molecule has 2 rings (SSSR count). The molecule has 0 aromatic heterocycles. The largest absolute Gasteiger partial charge is 0.391 e. The minimum Gasteiger partial charge on any atom is -0.391 e. The third kappa shape index (κ3) is 4.05. The fourth-order valence-electron chi connectivity index (χ4n) is 2.59. The fourth-order valence-corrected chi connectivity index (χ4v) is 3.55. The van der Waals surface area contributed by atoms with Gasteiger partial charge in [-0.15, -0.1) is 13.2 Å². The van der Waals surface area contributed by atoms with Crippen LogP contribution >= 0.6 is 6.89 Å². The zero-order valence-corrected chi connectivity index (χ0v) is 14.5. The van der Waals surface area contributed by atoms with E-state index in [-0.39, 0.29) is 12.4 Å². The van der Waals surface area contributed by atoms with E-state index < -0.39 is 31.4 Å². The van der Waals surface area contributed by atoms with Crippen LogP contribution in [-0.4, -0.2) is 83.0 Å². The van der Waals surface area contributed by atoms with Gasteiger partial charge in [0.2, 0.25) is 0 Å². The van der Waals surface area contributed by atoms with Crippen LogP contribution in [0.5, 0.6) is 0 Å². The Balaban J connectivity index is 2.13. The molecule has 4 atom stereocenters. The minimum atomic E-state index is -1.24. The molecule has 0 radical (unpaired) electrons. The number of aliphatic hydroxyl groups is 3. The lowest BCUT2D eigenvalue weighted by atomic mass is 10.1. The van der Waals surface area contributed by atoms with Crippen molar-refractivity contribution in [2.75, 3.05) is 26.1 Å². The molecule has 2 aliphatic heterocycles. The predicted molar refractivity (Wildman–Crippen MR) is 93.8 cm³/mol. The van der Waals surface area contributed by atoms with Crippen LogP contribution in [0, 0.1) is 0 Å².